The van der Waals surface area contributed by atoms with Gasteiger partial charge in [-0.05, 0) is 39.0 Å². The molecule has 1 aromatic heterocycles. The summed E-state index contributed by atoms with van der Waals surface area (Å²) in [4.78, 5) is 12.1. The highest BCUT2D eigenvalue weighted by atomic mass is 79.9. The van der Waals surface area contributed by atoms with Gasteiger partial charge in [-0.15, -0.1) is 0 Å². The summed E-state index contributed by atoms with van der Waals surface area (Å²) in [6.45, 7) is 5.49. The molecule has 0 saturated heterocycles. The zero-order valence-electron chi connectivity index (χ0n) is 10.9. The fourth-order valence-corrected chi connectivity index (χ4v) is 2.66. The highest BCUT2D eigenvalue weighted by Crippen LogP contribution is 2.31. The summed E-state index contributed by atoms with van der Waals surface area (Å²) >= 11 is 6.82. The zero-order valence-corrected chi connectivity index (χ0v) is 14.1. The van der Waals surface area contributed by atoms with Crippen LogP contribution in [0.15, 0.2) is 27.1 Å². The minimum absolute atomic E-state index is 0.264. The van der Waals surface area contributed by atoms with Crippen molar-refractivity contribution in [3.63, 3.8) is 0 Å². The number of fused-ring (bicyclic) bond motifs is 1. The van der Waals surface area contributed by atoms with Gasteiger partial charge < -0.3 is 9.15 Å². The lowest BCUT2D eigenvalue weighted by Gasteiger charge is -2.18. The molecule has 0 atom stereocenters. The molecule has 0 spiro atoms. The summed E-state index contributed by atoms with van der Waals surface area (Å²) in [5.74, 6) is -0.172. The maximum atomic E-state index is 12.1. The van der Waals surface area contributed by atoms with E-state index in [-0.39, 0.29) is 5.76 Å². The third-order valence-corrected chi connectivity index (χ3v) is 3.52. The van der Waals surface area contributed by atoms with Crippen LogP contribution < -0.4 is 0 Å². The lowest BCUT2D eigenvalue weighted by atomic mass is 10.1. The molecule has 19 heavy (non-hydrogen) atoms. The largest absolute Gasteiger partial charge is 0.454 e. The zero-order chi connectivity index (χ0) is 14.2. The number of carbonyl (C=O) groups excluding carboxylic acids is 1. The molecule has 5 heteroatoms. The summed E-state index contributed by atoms with van der Waals surface area (Å²) < 4.78 is 11.9. The Balaban J connectivity index is 2.51. The van der Waals surface area contributed by atoms with Crippen molar-refractivity contribution < 1.29 is 13.9 Å². The number of alkyl halides is 1. The van der Waals surface area contributed by atoms with Crippen LogP contribution in [0.2, 0.25) is 0 Å². The average molecular weight is 390 g/mol. The first-order valence-corrected chi connectivity index (χ1v) is 7.73. The van der Waals surface area contributed by atoms with Crippen LogP contribution in [-0.4, -0.2) is 11.6 Å². The normalized spacial score (nSPS) is 11.8. The highest BCUT2D eigenvalue weighted by Gasteiger charge is 2.25. The van der Waals surface area contributed by atoms with Crippen LogP contribution in [0.5, 0.6) is 0 Å². The van der Waals surface area contributed by atoms with Gasteiger partial charge in [-0.2, -0.15) is 0 Å². The molecule has 2 rings (SSSR count). The first kappa shape index (κ1) is 14.6. The van der Waals surface area contributed by atoms with E-state index in [1.54, 1.807) is 0 Å². The Labute approximate surface area is 128 Å². The molecule has 0 aliphatic rings. The molecule has 2 aromatic rings. The summed E-state index contributed by atoms with van der Waals surface area (Å²) in [7, 11) is 0. The first-order chi connectivity index (χ1) is 8.81. The van der Waals surface area contributed by atoms with E-state index < -0.39 is 11.6 Å². The molecular formula is C14H14Br2O3. The predicted octanol–water partition coefficient (Wildman–Crippen LogP) is 5.05. The second-order valence-electron chi connectivity index (χ2n) is 5.19. The molecule has 0 bridgehead atoms. The van der Waals surface area contributed by atoms with E-state index in [0.29, 0.717) is 10.9 Å². The van der Waals surface area contributed by atoms with Crippen LogP contribution >= 0.6 is 31.9 Å². The van der Waals surface area contributed by atoms with E-state index in [1.165, 1.54) is 0 Å². The quantitative estimate of drug-likeness (QED) is 0.533. The topological polar surface area (TPSA) is 39.4 Å². The fourth-order valence-electron chi connectivity index (χ4n) is 1.74. The van der Waals surface area contributed by atoms with Crippen molar-refractivity contribution in [2.45, 2.75) is 31.7 Å². The fraction of sp³-hybridized carbons (Fsp3) is 0.357. The van der Waals surface area contributed by atoms with Gasteiger partial charge in [0.15, 0.2) is 0 Å². The van der Waals surface area contributed by atoms with Crippen LogP contribution in [-0.2, 0) is 10.1 Å². The van der Waals surface area contributed by atoms with Gasteiger partial charge in [0.25, 0.3) is 0 Å². The molecule has 0 radical (unpaired) electrons. The van der Waals surface area contributed by atoms with Crippen molar-refractivity contribution >= 4 is 48.8 Å². The minimum atomic E-state index is -0.541. The molecule has 0 unspecified atom stereocenters. The number of rotatable bonds is 2. The van der Waals surface area contributed by atoms with Crippen molar-refractivity contribution in [3.05, 3.63) is 34.0 Å². The summed E-state index contributed by atoms with van der Waals surface area (Å²) in [6, 6.07) is 5.64. The van der Waals surface area contributed by atoms with Gasteiger partial charge in [0, 0.05) is 20.8 Å². The Morgan fingerprint density at radius 1 is 1.37 bits per heavy atom. The van der Waals surface area contributed by atoms with Gasteiger partial charge in [0.1, 0.15) is 11.2 Å². The number of hydrogen-bond donors (Lipinski definition) is 0. The molecule has 0 saturated carbocycles. The number of hydrogen-bond acceptors (Lipinski definition) is 3. The Morgan fingerprint density at radius 3 is 2.63 bits per heavy atom. The lowest BCUT2D eigenvalue weighted by Crippen LogP contribution is -2.24. The molecule has 0 amide bonds. The predicted molar refractivity (Wildman–Crippen MR) is 81.7 cm³/mol. The number of carbonyl (C=O) groups is 1. The number of furan rings is 1. The van der Waals surface area contributed by atoms with Crippen LogP contribution in [0.25, 0.3) is 11.0 Å². The average Bonchev–Trinajstić information content (AvgIpc) is 2.64. The minimum Gasteiger partial charge on any atom is -0.454 e. The Kier molecular flexibility index (Phi) is 4.06. The van der Waals surface area contributed by atoms with Crippen molar-refractivity contribution in [3.8, 4) is 0 Å². The van der Waals surface area contributed by atoms with E-state index in [4.69, 9.17) is 9.15 Å². The number of ether oxygens (including phenoxy) is 1. The van der Waals surface area contributed by atoms with Gasteiger partial charge in [-0.3, -0.25) is 0 Å². The van der Waals surface area contributed by atoms with Crippen LogP contribution in [0.1, 0.15) is 36.9 Å². The molecule has 0 aliphatic heterocycles. The van der Waals surface area contributed by atoms with Crippen molar-refractivity contribution in [1.29, 1.82) is 0 Å². The third kappa shape index (κ3) is 3.20. The van der Waals surface area contributed by atoms with Crippen molar-refractivity contribution in [2.75, 3.05) is 0 Å². The second-order valence-corrected chi connectivity index (χ2v) is 6.66. The smallest absolute Gasteiger partial charge is 0.375 e. The second kappa shape index (κ2) is 5.29. The van der Waals surface area contributed by atoms with Crippen molar-refractivity contribution in [1.82, 2.24) is 0 Å². The SMILES string of the molecule is CC(C)(C)OC(=O)c1oc2ccc(Br)cc2c1CBr. The van der Waals surface area contributed by atoms with E-state index in [0.717, 1.165) is 15.4 Å². The Morgan fingerprint density at radius 2 is 2.05 bits per heavy atom. The summed E-state index contributed by atoms with van der Waals surface area (Å²) in [5, 5.41) is 1.44. The number of benzene rings is 1. The molecule has 0 N–H and O–H groups in total. The van der Waals surface area contributed by atoms with E-state index >= 15 is 0 Å². The molecule has 0 fully saturated rings. The summed E-state index contributed by atoms with van der Waals surface area (Å²) in [6.07, 6.45) is 0. The van der Waals surface area contributed by atoms with Gasteiger partial charge in [-0.25, -0.2) is 4.79 Å². The molecule has 102 valence electrons. The molecule has 1 aromatic carbocycles. The Hall–Kier alpha value is -0.810. The van der Waals surface area contributed by atoms with E-state index in [9.17, 15) is 4.79 Å². The van der Waals surface area contributed by atoms with Crippen LogP contribution in [0.3, 0.4) is 0 Å². The van der Waals surface area contributed by atoms with E-state index in [1.807, 2.05) is 39.0 Å². The van der Waals surface area contributed by atoms with Gasteiger partial charge in [-0.1, -0.05) is 31.9 Å². The van der Waals surface area contributed by atoms with Crippen LogP contribution in [0, 0.1) is 0 Å². The first-order valence-electron chi connectivity index (χ1n) is 5.82. The molecule has 1 heterocycles. The van der Waals surface area contributed by atoms with Crippen molar-refractivity contribution in [2.24, 2.45) is 0 Å². The molecular weight excluding hydrogens is 376 g/mol. The monoisotopic (exact) mass is 388 g/mol. The third-order valence-electron chi connectivity index (χ3n) is 2.47. The van der Waals surface area contributed by atoms with Gasteiger partial charge in [0.05, 0.1) is 0 Å². The standard InChI is InChI=1S/C14H14Br2O3/c1-14(2,3)19-13(17)12-10(7-15)9-6-8(16)4-5-11(9)18-12/h4-6H,7H2,1-3H3. The lowest BCUT2D eigenvalue weighted by molar-refractivity contribution is 0.00371. The highest BCUT2D eigenvalue weighted by molar-refractivity contribution is 9.10. The van der Waals surface area contributed by atoms with Gasteiger partial charge in [0.2, 0.25) is 5.76 Å². The number of esters is 1. The maximum absolute atomic E-state index is 12.1. The maximum Gasteiger partial charge on any atom is 0.375 e. The van der Waals surface area contributed by atoms with E-state index in [2.05, 4.69) is 31.9 Å². The van der Waals surface area contributed by atoms with Gasteiger partial charge >= 0.3 is 5.97 Å². The summed E-state index contributed by atoms with van der Waals surface area (Å²) in [5.41, 5.74) is 0.948. The molecule has 0 aliphatic carbocycles. The molecule has 3 nitrogen and oxygen atoms in total. The number of halogens is 2. The Bertz CT molecular complexity index is 623. The van der Waals surface area contributed by atoms with Crippen LogP contribution in [0.4, 0.5) is 0 Å².